The van der Waals surface area contributed by atoms with Crippen LogP contribution in [0.25, 0.3) is 11.1 Å². The molecular formula is C48H57ClZr. The van der Waals surface area contributed by atoms with Crippen molar-refractivity contribution >= 4 is 14.8 Å². The fourth-order valence-electron chi connectivity index (χ4n) is 8.12. The first-order chi connectivity index (χ1) is 23.2. The van der Waals surface area contributed by atoms with Gasteiger partial charge in [0.05, 0.1) is 0 Å². The van der Waals surface area contributed by atoms with Crippen LogP contribution in [0, 0.1) is 6.92 Å². The molecule has 2 aliphatic carbocycles. The number of rotatable bonds is 4. The van der Waals surface area contributed by atoms with Crippen LogP contribution in [-0.4, -0.2) is 3.21 Å². The van der Waals surface area contributed by atoms with E-state index in [1.54, 1.807) is 6.49 Å². The molecule has 0 atom stereocenters. The normalized spacial score (nSPS) is 15.6. The molecule has 2 aliphatic rings. The van der Waals surface area contributed by atoms with Gasteiger partial charge in [0.25, 0.3) is 0 Å². The van der Waals surface area contributed by atoms with Crippen molar-refractivity contribution in [3.63, 3.8) is 0 Å². The molecule has 4 aromatic carbocycles. The predicted octanol–water partition coefficient (Wildman–Crippen LogP) is 13.6. The molecule has 6 rings (SSSR count). The summed E-state index contributed by atoms with van der Waals surface area (Å²) in [5, 5.41) is 0.801. The number of allylic oxidation sites excluding steroid dienone is 4. The quantitative estimate of drug-likeness (QED) is 0.194. The number of hydrogen-bond acceptors (Lipinski definition) is 0. The summed E-state index contributed by atoms with van der Waals surface area (Å²) >= 11 is 3.92. The zero-order valence-electron chi connectivity index (χ0n) is 32.8. The van der Waals surface area contributed by atoms with Crippen molar-refractivity contribution in [2.45, 2.75) is 122 Å². The van der Waals surface area contributed by atoms with Crippen molar-refractivity contribution in [2.24, 2.45) is 0 Å². The van der Waals surface area contributed by atoms with Crippen LogP contribution in [0.5, 0.6) is 0 Å². The summed E-state index contributed by atoms with van der Waals surface area (Å²) in [5.74, 6) is 0. The van der Waals surface area contributed by atoms with Crippen molar-refractivity contribution < 1.29 is 21.3 Å². The summed E-state index contributed by atoms with van der Waals surface area (Å²) < 4.78 is 3.53. The molecule has 260 valence electrons. The van der Waals surface area contributed by atoms with Gasteiger partial charge in [-0.2, -0.15) is 0 Å². The molecule has 0 fully saturated rings. The minimum atomic E-state index is -2.91. The summed E-state index contributed by atoms with van der Waals surface area (Å²) in [6.45, 7) is 30.9. The van der Waals surface area contributed by atoms with E-state index < -0.39 is 21.3 Å². The molecule has 0 N–H and O–H groups in total. The van der Waals surface area contributed by atoms with Crippen LogP contribution < -0.4 is 0 Å². The van der Waals surface area contributed by atoms with Gasteiger partial charge < -0.3 is 0 Å². The Balaban J connectivity index is 1.84. The Morgan fingerprint density at radius 1 is 0.600 bits per heavy atom. The third kappa shape index (κ3) is 7.09. The first-order valence-electron chi connectivity index (χ1n) is 18.5. The van der Waals surface area contributed by atoms with Crippen LogP contribution in [0.15, 0.2) is 94.3 Å². The Labute approximate surface area is 316 Å². The topological polar surface area (TPSA) is 0 Å². The van der Waals surface area contributed by atoms with Crippen LogP contribution in [-0.2, 0) is 42.9 Å². The summed E-state index contributed by atoms with van der Waals surface area (Å²) in [4.78, 5) is 0. The Hall–Kier alpha value is -2.60. The minimum absolute atomic E-state index is 0.0122. The predicted molar refractivity (Wildman–Crippen MR) is 216 cm³/mol. The number of fused-ring (bicyclic) bond motifs is 3. The zero-order valence-corrected chi connectivity index (χ0v) is 36.0. The Kier molecular flexibility index (Phi) is 9.75. The van der Waals surface area contributed by atoms with Crippen molar-refractivity contribution in [1.29, 1.82) is 0 Å². The second kappa shape index (κ2) is 13.1. The maximum atomic E-state index is 6.83. The van der Waals surface area contributed by atoms with Crippen molar-refractivity contribution in [2.75, 3.05) is 0 Å². The van der Waals surface area contributed by atoms with Crippen molar-refractivity contribution in [1.82, 2.24) is 0 Å². The van der Waals surface area contributed by atoms with Gasteiger partial charge >= 0.3 is 318 Å². The van der Waals surface area contributed by atoms with Crippen LogP contribution in [0.3, 0.4) is 0 Å². The molecule has 0 bridgehead atoms. The van der Waals surface area contributed by atoms with E-state index in [-0.39, 0.29) is 21.7 Å². The van der Waals surface area contributed by atoms with Gasteiger partial charge in [-0.1, -0.05) is 0 Å². The van der Waals surface area contributed by atoms with Crippen molar-refractivity contribution in [3.8, 4) is 11.1 Å². The van der Waals surface area contributed by atoms with Crippen molar-refractivity contribution in [3.05, 3.63) is 149 Å². The van der Waals surface area contributed by atoms with E-state index in [1.165, 1.54) is 61.2 Å². The molecule has 4 aromatic rings. The zero-order chi connectivity index (χ0) is 36.6. The molecule has 0 saturated heterocycles. The summed E-state index contributed by atoms with van der Waals surface area (Å²) in [6, 6.07) is 28.6. The second-order valence-corrected chi connectivity index (χ2v) is 25.6. The summed E-state index contributed by atoms with van der Waals surface area (Å²) in [6.07, 6.45) is 8.20. The van der Waals surface area contributed by atoms with E-state index in [9.17, 15) is 0 Å². The molecule has 2 heteroatoms. The molecule has 0 heterocycles. The molecule has 0 amide bonds. The van der Waals surface area contributed by atoms with Gasteiger partial charge in [-0.05, 0) is 0 Å². The first kappa shape index (κ1) is 37.2. The van der Waals surface area contributed by atoms with Gasteiger partial charge in [0, 0.05) is 0 Å². The molecule has 0 nitrogen and oxygen atoms in total. The van der Waals surface area contributed by atoms with Gasteiger partial charge in [0.15, 0.2) is 0 Å². The van der Waals surface area contributed by atoms with Gasteiger partial charge in [0.2, 0.25) is 0 Å². The third-order valence-electron chi connectivity index (χ3n) is 10.7. The van der Waals surface area contributed by atoms with Gasteiger partial charge in [-0.15, -0.1) is 0 Å². The second-order valence-electron chi connectivity index (χ2n) is 18.9. The van der Waals surface area contributed by atoms with Gasteiger partial charge in [0.1, 0.15) is 0 Å². The van der Waals surface area contributed by atoms with E-state index in [0.717, 1.165) is 11.4 Å². The van der Waals surface area contributed by atoms with Crippen LogP contribution >= 0.6 is 11.6 Å². The average Bonchev–Trinajstić information content (AvgIpc) is 3.64. The fourth-order valence-corrected chi connectivity index (χ4v) is 17.2. The molecule has 0 spiro atoms. The van der Waals surface area contributed by atoms with Gasteiger partial charge in [-0.25, -0.2) is 0 Å². The SMILES string of the molecule is Cc1ccc([C](c2cccc(Cl)c2)=[Zr]([C]2=CC=CC2)[CH]2c3cc(C(C)(C)C)c(C(C)(C)C)cc3-c3cc(C(C)(C)C)c(C(C)(C)C)cc32)cc1. The summed E-state index contributed by atoms with van der Waals surface area (Å²) in [7, 11) is 0. The Bertz CT molecular complexity index is 1970. The van der Waals surface area contributed by atoms with E-state index in [0.29, 0.717) is 3.63 Å². The molecular weight excluding hydrogens is 703 g/mol. The Morgan fingerprint density at radius 2 is 1.08 bits per heavy atom. The standard InChI is InChI=1S/C29H41.C14H11Cl.C5H5.Zr/c1-26(2,3)22-14-18-13-19-15-23(27(4,5)6)25(29(10,11)12)17-21(19)20(18)16-24(22)28(7,8)9;1-11-5-7-12(8-6-11)9-13-3-2-4-14(15)10-13;1-2-4-5-3-1;/h13-17H,1-12H3;2-8,10H,1H3;1-3H,4H2;. The molecule has 0 radical (unpaired) electrons. The van der Waals surface area contributed by atoms with E-state index in [1.807, 2.05) is 6.07 Å². The van der Waals surface area contributed by atoms with E-state index in [2.05, 4.69) is 175 Å². The number of hydrogen-bond donors (Lipinski definition) is 0. The first-order valence-corrected chi connectivity index (χ1v) is 22.7. The van der Waals surface area contributed by atoms with Crippen LogP contribution in [0.4, 0.5) is 0 Å². The van der Waals surface area contributed by atoms with Gasteiger partial charge in [-0.3, -0.25) is 0 Å². The average molecular weight is 761 g/mol. The molecule has 0 unspecified atom stereocenters. The monoisotopic (exact) mass is 758 g/mol. The van der Waals surface area contributed by atoms with E-state index in [4.69, 9.17) is 11.6 Å². The Morgan fingerprint density at radius 3 is 1.50 bits per heavy atom. The molecule has 50 heavy (non-hydrogen) atoms. The van der Waals surface area contributed by atoms with Crippen LogP contribution in [0.2, 0.25) is 5.02 Å². The van der Waals surface area contributed by atoms with E-state index >= 15 is 0 Å². The molecule has 0 aliphatic heterocycles. The molecule has 0 aromatic heterocycles. The number of halogens is 1. The number of benzene rings is 4. The summed E-state index contributed by atoms with van der Waals surface area (Å²) in [5.41, 5.74) is 15.9. The number of aryl methyl sites for hydroxylation is 1. The fraction of sp³-hybridized carbons (Fsp3) is 0.396. The third-order valence-corrected chi connectivity index (χ3v) is 19.2. The molecule has 0 saturated carbocycles. The van der Waals surface area contributed by atoms with Crippen LogP contribution in [0.1, 0.15) is 143 Å². The maximum absolute atomic E-state index is 6.83.